The molecule has 2 aromatic carbocycles. The first-order valence-electron chi connectivity index (χ1n) is 7.41. The first-order chi connectivity index (χ1) is 9.77. The molecule has 1 aliphatic rings. The average molecular weight is 261 g/mol. The third-order valence-corrected chi connectivity index (χ3v) is 4.86. The Bertz CT molecular complexity index is 795. The van der Waals surface area contributed by atoms with Gasteiger partial charge in [0.25, 0.3) is 0 Å². The van der Waals surface area contributed by atoms with Crippen LogP contribution in [0.1, 0.15) is 35.2 Å². The number of rotatable bonds is 0. The zero-order valence-corrected chi connectivity index (χ0v) is 12.1. The van der Waals surface area contributed by atoms with E-state index in [1.54, 1.807) is 0 Å². The number of aromatic nitrogens is 1. The lowest BCUT2D eigenvalue weighted by Gasteiger charge is -2.14. The van der Waals surface area contributed by atoms with Crippen molar-refractivity contribution in [2.45, 2.75) is 25.7 Å². The lowest BCUT2D eigenvalue weighted by molar-refractivity contribution is 0.813. The normalized spacial score (nSPS) is 17.6. The lowest BCUT2D eigenvalue weighted by Crippen LogP contribution is -2.00. The van der Waals surface area contributed by atoms with Gasteiger partial charge in [-0.3, -0.25) is 0 Å². The molecule has 0 amide bonds. The Kier molecular flexibility index (Phi) is 2.50. The van der Waals surface area contributed by atoms with Crippen LogP contribution in [0.5, 0.6) is 0 Å². The second-order valence-electron chi connectivity index (χ2n) is 5.86. The van der Waals surface area contributed by atoms with Crippen molar-refractivity contribution in [1.82, 2.24) is 4.57 Å². The van der Waals surface area contributed by atoms with Crippen LogP contribution in [0.4, 0.5) is 0 Å². The van der Waals surface area contributed by atoms with Crippen molar-refractivity contribution in [2.24, 2.45) is 7.05 Å². The molecule has 0 aliphatic heterocycles. The van der Waals surface area contributed by atoms with Gasteiger partial charge in [0.15, 0.2) is 0 Å². The molecule has 1 nitrogen and oxygen atoms in total. The highest BCUT2D eigenvalue weighted by molar-refractivity contribution is 5.87. The average Bonchev–Trinajstić information content (AvgIpc) is 2.68. The molecule has 1 unspecified atom stereocenters. The lowest BCUT2D eigenvalue weighted by atomic mass is 9.90. The molecule has 1 heterocycles. The smallest absolute Gasteiger partial charge is 0.0483 e. The molecule has 0 saturated heterocycles. The Morgan fingerprint density at radius 1 is 0.950 bits per heavy atom. The Morgan fingerprint density at radius 3 is 2.60 bits per heavy atom. The van der Waals surface area contributed by atoms with Gasteiger partial charge in [0.1, 0.15) is 0 Å². The molecule has 0 fully saturated rings. The summed E-state index contributed by atoms with van der Waals surface area (Å²) >= 11 is 0. The summed E-state index contributed by atoms with van der Waals surface area (Å²) in [6, 6.07) is 17.7. The van der Waals surface area contributed by atoms with Crippen molar-refractivity contribution in [2.75, 3.05) is 0 Å². The minimum atomic E-state index is 0.481. The molecule has 100 valence electrons. The summed E-state index contributed by atoms with van der Waals surface area (Å²) in [6.45, 7) is 2.36. The number of benzene rings is 2. The predicted molar refractivity (Wildman–Crippen MR) is 84.3 cm³/mol. The maximum atomic E-state index is 2.40. The van der Waals surface area contributed by atoms with Crippen molar-refractivity contribution in [3.05, 3.63) is 70.9 Å². The van der Waals surface area contributed by atoms with Gasteiger partial charge in [-0.05, 0) is 35.6 Å². The van der Waals surface area contributed by atoms with Crippen LogP contribution in [0.25, 0.3) is 10.9 Å². The van der Waals surface area contributed by atoms with Crippen LogP contribution < -0.4 is 0 Å². The highest BCUT2D eigenvalue weighted by Crippen LogP contribution is 2.39. The van der Waals surface area contributed by atoms with Gasteiger partial charge in [0.2, 0.25) is 0 Å². The molecule has 0 radical (unpaired) electrons. The fraction of sp³-hybridized carbons (Fsp3) is 0.263. The standard InChI is InChI=1S/C19H19N/c1-13-15-8-4-3-7-14(15)11-12-18-19(13)16-9-5-6-10-17(16)20(18)2/h3-10,13H,11-12H2,1-2H3. The highest BCUT2D eigenvalue weighted by Gasteiger charge is 2.25. The van der Waals surface area contributed by atoms with Crippen LogP contribution >= 0.6 is 0 Å². The van der Waals surface area contributed by atoms with E-state index in [-0.39, 0.29) is 0 Å². The number of hydrogen-bond acceptors (Lipinski definition) is 0. The van der Waals surface area contributed by atoms with Crippen LogP contribution in [0, 0.1) is 0 Å². The number of nitrogens with zero attached hydrogens (tertiary/aromatic N) is 1. The fourth-order valence-corrected chi connectivity index (χ4v) is 3.85. The molecule has 1 aromatic heterocycles. The maximum Gasteiger partial charge on any atom is 0.0483 e. The number of aryl methyl sites for hydroxylation is 2. The summed E-state index contributed by atoms with van der Waals surface area (Å²) in [5.41, 5.74) is 7.43. The van der Waals surface area contributed by atoms with E-state index in [1.165, 1.54) is 33.3 Å². The van der Waals surface area contributed by atoms with Gasteiger partial charge in [-0.2, -0.15) is 0 Å². The van der Waals surface area contributed by atoms with E-state index in [9.17, 15) is 0 Å². The molecule has 4 rings (SSSR count). The summed E-state index contributed by atoms with van der Waals surface area (Å²) < 4.78 is 2.40. The van der Waals surface area contributed by atoms with Gasteiger partial charge in [0.05, 0.1) is 0 Å². The molecule has 1 heteroatoms. The second kappa shape index (κ2) is 4.24. The van der Waals surface area contributed by atoms with Gasteiger partial charge in [-0.25, -0.2) is 0 Å². The van der Waals surface area contributed by atoms with E-state index in [4.69, 9.17) is 0 Å². The molecule has 0 spiro atoms. The minimum Gasteiger partial charge on any atom is -0.347 e. The molecule has 0 bridgehead atoms. The van der Waals surface area contributed by atoms with Crippen molar-refractivity contribution < 1.29 is 0 Å². The van der Waals surface area contributed by atoms with E-state index in [0.29, 0.717) is 5.92 Å². The van der Waals surface area contributed by atoms with Gasteiger partial charge in [0, 0.05) is 29.6 Å². The molecule has 0 N–H and O–H groups in total. The Labute approximate surface area is 119 Å². The van der Waals surface area contributed by atoms with E-state index in [1.807, 2.05) is 0 Å². The summed E-state index contributed by atoms with van der Waals surface area (Å²) in [6.07, 6.45) is 2.29. The summed E-state index contributed by atoms with van der Waals surface area (Å²) in [5, 5.41) is 1.43. The van der Waals surface area contributed by atoms with Crippen LogP contribution in [0.15, 0.2) is 48.5 Å². The molecule has 20 heavy (non-hydrogen) atoms. The van der Waals surface area contributed by atoms with Crippen LogP contribution in [0.3, 0.4) is 0 Å². The predicted octanol–water partition coefficient (Wildman–Crippen LogP) is 4.43. The monoisotopic (exact) mass is 261 g/mol. The first-order valence-corrected chi connectivity index (χ1v) is 7.41. The summed E-state index contributed by atoms with van der Waals surface area (Å²) in [4.78, 5) is 0. The van der Waals surface area contributed by atoms with E-state index in [2.05, 4.69) is 67.1 Å². The first kappa shape index (κ1) is 11.8. The van der Waals surface area contributed by atoms with E-state index < -0.39 is 0 Å². The van der Waals surface area contributed by atoms with Crippen molar-refractivity contribution >= 4 is 10.9 Å². The Morgan fingerprint density at radius 2 is 1.70 bits per heavy atom. The number of hydrogen-bond donors (Lipinski definition) is 0. The number of fused-ring (bicyclic) bond motifs is 4. The van der Waals surface area contributed by atoms with Crippen LogP contribution in [0.2, 0.25) is 0 Å². The van der Waals surface area contributed by atoms with Crippen molar-refractivity contribution in [1.29, 1.82) is 0 Å². The summed E-state index contributed by atoms with van der Waals surface area (Å²) in [7, 11) is 2.21. The summed E-state index contributed by atoms with van der Waals surface area (Å²) in [5.74, 6) is 0.481. The second-order valence-corrected chi connectivity index (χ2v) is 5.86. The largest absolute Gasteiger partial charge is 0.347 e. The topological polar surface area (TPSA) is 4.93 Å². The zero-order valence-electron chi connectivity index (χ0n) is 12.1. The molecule has 0 saturated carbocycles. The molecule has 1 aliphatic carbocycles. The maximum absolute atomic E-state index is 2.40. The third-order valence-electron chi connectivity index (χ3n) is 4.86. The van der Waals surface area contributed by atoms with Gasteiger partial charge >= 0.3 is 0 Å². The van der Waals surface area contributed by atoms with Gasteiger partial charge < -0.3 is 4.57 Å². The minimum absolute atomic E-state index is 0.481. The Hall–Kier alpha value is -2.02. The third kappa shape index (κ3) is 1.49. The number of para-hydroxylation sites is 1. The molecular formula is C19H19N. The van der Waals surface area contributed by atoms with Crippen LogP contribution in [-0.2, 0) is 19.9 Å². The quantitative estimate of drug-likeness (QED) is 0.564. The van der Waals surface area contributed by atoms with Crippen LogP contribution in [-0.4, -0.2) is 4.57 Å². The molecule has 1 atom stereocenters. The molecular weight excluding hydrogens is 242 g/mol. The van der Waals surface area contributed by atoms with E-state index >= 15 is 0 Å². The molecule has 3 aromatic rings. The van der Waals surface area contributed by atoms with Crippen molar-refractivity contribution in [3.63, 3.8) is 0 Å². The van der Waals surface area contributed by atoms with Gasteiger partial charge in [-0.15, -0.1) is 0 Å². The Balaban J connectivity index is 2.05. The zero-order chi connectivity index (χ0) is 13.7. The fourth-order valence-electron chi connectivity index (χ4n) is 3.85. The van der Waals surface area contributed by atoms with Gasteiger partial charge in [-0.1, -0.05) is 49.4 Å². The van der Waals surface area contributed by atoms with Crippen molar-refractivity contribution in [3.8, 4) is 0 Å². The van der Waals surface area contributed by atoms with E-state index in [0.717, 1.165) is 12.8 Å². The highest BCUT2D eigenvalue weighted by atomic mass is 15.0. The SMILES string of the molecule is CC1c2ccccc2CCc2c1c1ccccc1n2C.